The Bertz CT molecular complexity index is 1540. The first-order chi connectivity index (χ1) is 18.8. The van der Waals surface area contributed by atoms with Crippen LogP contribution in [0.3, 0.4) is 0 Å². The molecule has 39 heavy (non-hydrogen) atoms. The topological polar surface area (TPSA) is 139 Å². The number of esters is 1. The summed E-state index contributed by atoms with van der Waals surface area (Å²) in [5.74, 6) is -0.710. The summed E-state index contributed by atoms with van der Waals surface area (Å²) in [6.45, 7) is 0. The van der Waals surface area contributed by atoms with Gasteiger partial charge in [0.2, 0.25) is 5.78 Å². The number of ether oxygens (including phenoxy) is 2. The number of ketones is 1. The van der Waals surface area contributed by atoms with E-state index in [-0.39, 0.29) is 10.5 Å². The highest BCUT2D eigenvalue weighted by molar-refractivity contribution is 7.99. The molecule has 0 fully saturated rings. The quantitative estimate of drug-likeness (QED) is 0.0954. The van der Waals surface area contributed by atoms with E-state index in [9.17, 15) is 29.8 Å². The molecule has 4 aromatic rings. The highest BCUT2D eigenvalue weighted by atomic mass is 32.2. The van der Waals surface area contributed by atoms with E-state index in [4.69, 9.17) is 9.47 Å². The summed E-state index contributed by atoms with van der Waals surface area (Å²) in [7, 11) is 1.51. The van der Waals surface area contributed by atoms with E-state index in [0.717, 1.165) is 23.9 Å². The van der Waals surface area contributed by atoms with Crippen molar-refractivity contribution >= 4 is 34.9 Å². The van der Waals surface area contributed by atoms with Gasteiger partial charge in [0.15, 0.2) is 6.10 Å². The number of Topliss-reactive ketones (excluding diaryl/α,β-unsaturated/α-hetero) is 1. The van der Waals surface area contributed by atoms with Crippen LogP contribution in [0.2, 0.25) is 0 Å². The lowest BCUT2D eigenvalue weighted by molar-refractivity contribution is -0.396. The van der Waals surface area contributed by atoms with Gasteiger partial charge in [0.1, 0.15) is 5.75 Å². The lowest BCUT2D eigenvalue weighted by atomic mass is 9.99. The molecule has 4 aromatic carbocycles. The van der Waals surface area contributed by atoms with Gasteiger partial charge in [0, 0.05) is 22.1 Å². The molecule has 10 nitrogen and oxygen atoms in total. The van der Waals surface area contributed by atoms with E-state index in [2.05, 4.69) is 0 Å². The Hall–Kier alpha value is -5.03. The second-order valence-electron chi connectivity index (χ2n) is 8.05. The molecule has 0 radical (unpaired) electrons. The monoisotopic (exact) mass is 544 g/mol. The van der Waals surface area contributed by atoms with Crippen LogP contribution in [0, 0.1) is 20.2 Å². The number of non-ortho nitro benzene ring substituents is 1. The average Bonchev–Trinajstić information content (AvgIpc) is 2.96. The van der Waals surface area contributed by atoms with Crippen LogP contribution in [0.1, 0.15) is 32.4 Å². The molecule has 0 saturated carbocycles. The minimum absolute atomic E-state index is 0.0682. The van der Waals surface area contributed by atoms with Crippen molar-refractivity contribution in [1.29, 1.82) is 0 Å². The molecule has 0 aromatic heterocycles. The molecule has 1 atom stereocenters. The maximum Gasteiger partial charge on any atom is 0.340 e. The summed E-state index contributed by atoms with van der Waals surface area (Å²) < 4.78 is 10.9. The predicted octanol–water partition coefficient (Wildman–Crippen LogP) is 6.44. The Labute approximate surface area is 226 Å². The van der Waals surface area contributed by atoms with Gasteiger partial charge >= 0.3 is 5.97 Å². The van der Waals surface area contributed by atoms with Crippen LogP contribution in [-0.4, -0.2) is 28.7 Å². The van der Waals surface area contributed by atoms with Gasteiger partial charge in [-0.2, -0.15) is 0 Å². The third-order valence-corrected chi connectivity index (χ3v) is 6.76. The minimum atomic E-state index is -1.26. The minimum Gasteiger partial charge on any atom is -0.497 e. The molecule has 0 bridgehead atoms. The molecule has 0 aliphatic rings. The summed E-state index contributed by atoms with van der Waals surface area (Å²) in [4.78, 5) is 48.5. The Kier molecular flexibility index (Phi) is 8.32. The lowest BCUT2D eigenvalue weighted by Gasteiger charge is -2.18. The van der Waals surface area contributed by atoms with E-state index in [1.807, 2.05) is 0 Å². The lowest BCUT2D eigenvalue weighted by Crippen LogP contribution is -2.20. The average molecular weight is 545 g/mol. The fourth-order valence-corrected chi connectivity index (χ4v) is 4.69. The Morgan fingerprint density at radius 3 is 2.10 bits per heavy atom. The summed E-state index contributed by atoms with van der Waals surface area (Å²) in [6, 6.07) is 24.5. The molecule has 0 aliphatic heterocycles. The van der Waals surface area contributed by atoms with Crippen LogP contribution in [0.5, 0.6) is 5.75 Å². The van der Waals surface area contributed by atoms with E-state index in [1.54, 1.807) is 72.8 Å². The van der Waals surface area contributed by atoms with Gasteiger partial charge < -0.3 is 9.47 Å². The molecule has 0 saturated heterocycles. The maximum absolute atomic E-state index is 13.4. The maximum atomic E-state index is 13.4. The zero-order chi connectivity index (χ0) is 27.9. The van der Waals surface area contributed by atoms with Gasteiger partial charge in [0.05, 0.1) is 33.5 Å². The normalized spacial score (nSPS) is 11.3. The number of methoxy groups -OCH3 is 1. The predicted molar refractivity (Wildman–Crippen MR) is 142 cm³/mol. The second-order valence-corrected chi connectivity index (χ2v) is 9.14. The number of hydrogen-bond donors (Lipinski definition) is 0. The largest absolute Gasteiger partial charge is 0.497 e. The van der Waals surface area contributed by atoms with Gasteiger partial charge in [-0.15, -0.1) is 0 Å². The number of carbonyl (C=O) groups is 2. The summed E-state index contributed by atoms with van der Waals surface area (Å²) in [5.41, 5.74) is -0.0706. The third-order valence-electron chi connectivity index (χ3n) is 5.62. The van der Waals surface area contributed by atoms with Crippen molar-refractivity contribution in [3.63, 3.8) is 0 Å². The zero-order valence-corrected chi connectivity index (χ0v) is 21.2. The van der Waals surface area contributed by atoms with E-state index in [1.165, 1.54) is 19.2 Å². The van der Waals surface area contributed by atoms with Crippen molar-refractivity contribution < 1.29 is 28.9 Å². The van der Waals surface area contributed by atoms with Gasteiger partial charge in [-0.3, -0.25) is 25.0 Å². The fourth-order valence-electron chi connectivity index (χ4n) is 3.67. The van der Waals surface area contributed by atoms with Crippen LogP contribution in [0.15, 0.2) is 107 Å². The highest BCUT2D eigenvalue weighted by Gasteiger charge is 2.28. The molecule has 0 aliphatic carbocycles. The molecule has 0 unspecified atom stereocenters. The fraction of sp³-hybridized carbons (Fsp3) is 0.0714. The number of benzene rings is 4. The molecule has 0 N–H and O–H groups in total. The standard InChI is InChI=1S/C28H20N2O8S/c1-37-21-14-11-18(12-15-21)26(31)27(19-7-3-2-4-8-19)38-28(32)22-9-5-6-10-24(22)39-25-16-13-20(29(33)34)17-23(25)30(35)36/h2-17,27H,1H3/t27-/m0/s1. The first-order valence-corrected chi connectivity index (χ1v) is 12.2. The van der Waals surface area contributed by atoms with E-state index >= 15 is 0 Å². The van der Waals surface area contributed by atoms with Crippen molar-refractivity contribution in [1.82, 2.24) is 0 Å². The SMILES string of the molecule is COc1ccc(C(=O)[C@@H](OC(=O)c2ccccc2Sc2ccc([N+](=O)[O-])cc2[N+](=O)[O-])c2ccccc2)cc1. The van der Waals surface area contributed by atoms with Crippen molar-refractivity contribution in [2.75, 3.05) is 7.11 Å². The number of nitro groups is 2. The van der Waals surface area contributed by atoms with Crippen LogP contribution in [0.25, 0.3) is 0 Å². The number of carbonyl (C=O) groups excluding carboxylic acids is 2. The molecule has 0 amide bonds. The van der Waals surface area contributed by atoms with E-state index in [0.29, 0.717) is 21.8 Å². The van der Waals surface area contributed by atoms with Crippen molar-refractivity contribution in [2.24, 2.45) is 0 Å². The van der Waals surface area contributed by atoms with Gasteiger partial charge in [0.25, 0.3) is 11.4 Å². The first kappa shape index (κ1) is 27.0. The Balaban J connectivity index is 1.66. The summed E-state index contributed by atoms with van der Waals surface area (Å²) >= 11 is 0.886. The highest BCUT2D eigenvalue weighted by Crippen LogP contribution is 2.39. The zero-order valence-electron chi connectivity index (χ0n) is 20.4. The Morgan fingerprint density at radius 2 is 1.46 bits per heavy atom. The second kappa shape index (κ2) is 12.0. The number of hydrogen-bond acceptors (Lipinski definition) is 9. The van der Waals surface area contributed by atoms with Crippen LogP contribution in [-0.2, 0) is 4.74 Å². The molecule has 196 valence electrons. The van der Waals surface area contributed by atoms with Gasteiger partial charge in [-0.1, -0.05) is 54.2 Å². The number of rotatable bonds is 10. The Morgan fingerprint density at radius 1 is 0.795 bits per heavy atom. The molecular weight excluding hydrogens is 524 g/mol. The smallest absolute Gasteiger partial charge is 0.340 e. The molecule has 0 spiro atoms. The summed E-state index contributed by atoms with van der Waals surface area (Å²) in [5, 5.41) is 22.7. The van der Waals surface area contributed by atoms with Crippen molar-refractivity contribution in [2.45, 2.75) is 15.9 Å². The van der Waals surface area contributed by atoms with Crippen molar-refractivity contribution in [3.8, 4) is 5.75 Å². The molecule has 0 heterocycles. The summed E-state index contributed by atoms with van der Waals surface area (Å²) in [6.07, 6.45) is -1.26. The third kappa shape index (κ3) is 6.28. The molecular formula is C28H20N2O8S. The van der Waals surface area contributed by atoms with Crippen LogP contribution in [0.4, 0.5) is 11.4 Å². The number of nitro benzene ring substituents is 2. The van der Waals surface area contributed by atoms with Crippen LogP contribution < -0.4 is 4.74 Å². The van der Waals surface area contributed by atoms with Gasteiger partial charge in [-0.05, 0) is 42.5 Å². The first-order valence-electron chi connectivity index (χ1n) is 11.4. The van der Waals surface area contributed by atoms with Gasteiger partial charge in [-0.25, -0.2) is 4.79 Å². The van der Waals surface area contributed by atoms with Crippen LogP contribution >= 0.6 is 11.8 Å². The molecule has 11 heteroatoms. The molecule has 4 rings (SSSR count). The van der Waals surface area contributed by atoms with Crippen molar-refractivity contribution in [3.05, 3.63) is 134 Å². The number of nitrogens with zero attached hydrogens (tertiary/aromatic N) is 2. The van der Waals surface area contributed by atoms with E-state index < -0.39 is 39.1 Å².